The van der Waals surface area contributed by atoms with Crippen molar-refractivity contribution in [1.29, 1.82) is 0 Å². The van der Waals surface area contributed by atoms with Crippen LogP contribution in [-0.4, -0.2) is 22.7 Å². The highest BCUT2D eigenvalue weighted by Crippen LogP contribution is 2.29. The van der Waals surface area contributed by atoms with Crippen LogP contribution in [0.2, 0.25) is 0 Å². The summed E-state index contributed by atoms with van der Waals surface area (Å²) in [4.78, 5) is 6.19. The van der Waals surface area contributed by atoms with Crippen LogP contribution in [-0.2, 0) is 12.8 Å². The summed E-state index contributed by atoms with van der Waals surface area (Å²) >= 11 is 1.84. The minimum Gasteiger partial charge on any atom is -0.395 e. The number of hydrogen-bond donors (Lipinski definition) is 2. The van der Waals surface area contributed by atoms with Crippen LogP contribution in [0.25, 0.3) is 0 Å². The number of nitrogens with zero attached hydrogens (tertiary/aromatic N) is 1. The quantitative estimate of drug-likeness (QED) is 0.846. The molecular weight excluding hydrogens is 220 g/mol. The Hall–Kier alpha value is -0.450. The van der Waals surface area contributed by atoms with Crippen LogP contribution < -0.4 is 5.32 Å². The Bertz CT molecular complexity index is 327. The second kappa shape index (κ2) is 5.25. The number of fused-ring (bicyclic) bond motifs is 1. The van der Waals surface area contributed by atoms with Crippen LogP contribution >= 0.6 is 11.3 Å². The van der Waals surface area contributed by atoms with Crippen molar-refractivity contribution in [2.45, 2.75) is 51.6 Å². The molecule has 4 heteroatoms. The van der Waals surface area contributed by atoms with Gasteiger partial charge in [-0.25, -0.2) is 4.98 Å². The highest BCUT2D eigenvalue weighted by atomic mass is 32.1. The number of rotatable bonds is 4. The molecule has 1 aliphatic rings. The predicted octanol–water partition coefficient (Wildman–Crippen LogP) is 2.05. The highest BCUT2D eigenvalue weighted by molar-refractivity contribution is 7.11. The summed E-state index contributed by atoms with van der Waals surface area (Å²) in [6.07, 6.45) is 4.94. The molecule has 2 N–H and O–H groups in total. The molecule has 1 heterocycles. The fourth-order valence-electron chi connectivity index (χ4n) is 2.11. The minimum atomic E-state index is 0.135. The van der Waals surface area contributed by atoms with Gasteiger partial charge in [0.05, 0.1) is 18.3 Å². The molecule has 0 aliphatic heterocycles. The van der Waals surface area contributed by atoms with Gasteiger partial charge in [0, 0.05) is 10.9 Å². The number of aryl methyl sites for hydroxylation is 2. The smallest absolute Gasteiger partial charge is 0.110 e. The van der Waals surface area contributed by atoms with Gasteiger partial charge in [-0.15, -0.1) is 11.3 Å². The van der Waals surface area contributed by atoms with Crippen LogP contribution in [0.1, 0.15) is 48.3 Å². The molecule has 2 unspecified atom stereocenters. The minimum absolute atomic E-state index is 0.135. The average Bonchev–Trinajstić information content (AvgIpc) is 2.72. The first-order chi connectivity index (χ1) is 7.70. The van der Waals surface area contributed by atoms with Crippen molar-refractivity contribution in [3.63, 3.8) is 0 Å². The van der Waals surface area contributed by atoms with Gasteiger partial charge in [-0.2, -0.15) is 0 Å². The zero-order chi connectivity index (χ0) is 11.5. The number of thiazole rings is 1. The Morgan fingerprint density at radius 2 is 2.12 bits per heavy atom. The van der Waals surface area contributed by atoms with Gasteiger partial charge >= 0.3 is 0 Å². The number of aliphatic hydroxyl groups excluding tert-OH is 1. The second-order valence-electron chi connectivity index (χ2n) is 4.60. The molecule has 0 aromatic carbocycles. The molecule has 1 aromatic heterocycles. The topological polar surface area (TPSA) is 45.1 Å². The highest BCUT2D eigenvalue weighted by Gasteiger charge is 2.18. The molecule has 0 amide bonds. The lowest BCUT2D eigenvalue weighted by Gasteiger charge is -2.15. The van der Waals surface area contributed by atoms with E-state index in [0.717, 1.165) is 6.42 Å². The van der Waals surface area contributed by atoms with Gasteiger partial charge in [0.15, 0.2) is 0 Å². The third kappa shape index (κ3) is 2.62. The van der Waals surface area contributed by atoms with Gasteiger partial charge in [-0.1, -0.05) is 0 Å². The van der Waals surface area contributed by atoms with E-state index in [1.54, 1.807) is 0 Å². The number of aliphatic hydroxyl groups is 1. The number of hydrogen-bond acceptors (Lipinski definition) is 4. The molecule has 0 bridgehead atoms. The van der Waals surface area contributed by atoms with Gasteiger partial charge in [0.1, 0.15) is 5.01 Å². The summed E-state index contributed by atoms with van der Waals surface area (Å²) in [5.74, 6) is 0. The molecule has 0 fully saturated rings. The van der Waals surface area contributed by atoms with Crippen molar-refractivity contribution in [3.05, 3.63) is 15.6 Å². The third-order valence-corrected chi connectivity index (χ3v) is 4.38. The van der Waals surface area contributed by atoms with Crippen LogP contribution in [0, 0.1) is 0 Å². The Labute approximate surface area is 101 Å². The monoisotopic (exact) mass is 240 g/mol. The van der Waals surface area contributed by atoms with Crippen LogP contribution in [0.15, 0.2) is 0 Å². The van der Waals surface area contributed by atoms with Crippen molar-refractivity contribution in [3.8, 4) is 0 Å². The first-order valence-electron chi connectivity index (χ1n) is 6.06. The molecule has 90 valence electrons. The maximum atomic E-state index is 9.01. The normalized spacial score (nSPS) is 19.2. The van der Waals surface area contributed by atoms with Crippen LogP contribution in [0.5, 0.6) is 0 Å². The summed E-state index contributed by atoms with van der Waals surface area (Å²) in [7, 11) is 0. The maximum Gasteiger partial charge on any atom is 0.110 e. The van der Waals surface area contributed by atoms with E-state index in [9.17, 15) is 0 Å². The van der Waals surface area contributed by atoms with E-state index < -0.39 is 0 Å². The Balaban J connectivity index is 2.05. The molecule has 1 aromatic rings. The lowest BCUT2D eigenvalue weighted by molar-refractivity contribution is 0.243. The van der Waals surface area contributed by atoms with Crippen molar-refractivity contribution < 1.29 is 5.11 Å². The maximum absolute atomic E-state index is 9.01. The van der Waals surface area contributed by atoms with E-state index in [-0.39, 0.29) is 18.7 Å². The molecule has 2 rings (SSSR count). The Morgan fingerprint density at radius 3 is 2.81 bits per heavy atom. The molecule has 0 spiro atoms. The van der Waals surface area contributed by atoms with Crippen molar-refractivity contribution in [2.75, 3.05) is 6.61 Å². The third-order valence-electron chi connectivity index (χ3n) is 3.04. The fraction of sp³-hybridized carbons (Fsp3) is 0.750. The van der Waals surface area contributed by atoms with E-state index in [4.69, 9.17) is 10.1 Å². The zero-order valence-corrected chi connectivity index (χ0v) is 10.8. The summed E-state index contributed by atoms with van der Waals surface area (Å²) in [5, 5.41) is 13.5. The molecular formula is C12H20N2OS. The molecule has 1 aliphatic carbocycles. The lowest BCUT2D eigenvalue weighted by Crippen LogP contribution is -2.31. The standard InChI is InChI=1S/C12H20N2OS/c1-8(7-15)13-9(2)12-14-10-5-3-4-6-11(10)16-12/h8-9,13,15H,3-7H2,1-2H3. The van der Waals surface area contributed by atoms with Gasteiger partial charge < -0.3 is 10.4 Å². The van der Waals surface area contributed by atoms with Crippen molar-refractivity contribution in [2.24, 2.45) is 0 Å². The van der Waals surface area contributed by atoms with E-state index in [1.165, 1.54) is 34.8 Å². The SMILES string of the molecule is CC(CO)NC(C)c1nc2c(s1)CCCC2. The number of aromatic nitrogens is 1. The van der Waals surface area contributed by atoms with Crippen LogP contribution in [0.3, 0.4) is 0 Å². The first-order valence-corrected chi connectivity index (χ1v) is 6.87. The molecule has 0 saturated heterocycles. The molecule has 16 heavy (non-hydrogen) atoms. The van der Waals surface area contributed by atoms with Gasteiger partial charge in [0.25, 0.3) is 0 Å². The molecule has 0 radical (unpaired) electrons. The lowest BCUT2D eigenvalue weighted by atomic mass is 10.0. The van der Waals surface area contributed by atoms with Crippen molar-refractivity contribution in [1.82, 2.24) is 10.3 Å². The summed E-state index contributed by atoms with van der Waals surface area (Å²) in [6, 6.07) is 0.383. The Morgan fingerprint density at radius 1 is 1.38 bits per heavy atom. The second-order valence-corrected chi connectivity index (χ2v) is 5.72. The Kier molecular flexibility index (Phi) is 3.95. The average molecular weight is 240 g/mol. The summed E-state index contributed by atoms with van der Waals surface area (Å²) in [6.45, 7) is 4.29. The van der Waals surface area contributed by atoms with Crippen LogP contribution in [0.4, 0.5) is 0 Å². The summed E-state index contributed by atoms with van der Waals surface area (Å²) in [5.41, 5.74) is 1.32. The predicted molar refractivity (Wildman–Crippen MR) is 66.9 cm³/mol. The first kappa shape index (κ1) is 12.0. The zero-order valence-electron chi connectivity index (χ0n) is 9.99. The van der Waals surface area contributed by atoms with E-state index in [2.05, 4.69) is 12.2 Å². The van der Waals surface area contributed by atoms with Gasteiger partial charge in [-0.3, -0.25) is 0 Å². The largest absolute Gasteiger partial charge is 0.395 e. The number of nitrogens with one attached hydrogen (secondary N) is 1. The fourth-order valence-corrected chi connectivity index (χ4v) is 3.27. The van der Waals surface area contributed by atoms with Crippen molar-refractivity contribution >= 4 is 11.3 Å². The van der Waals surface area contributed by atoms with E-state index in [0.29, 0.717) is 0 Å². The van der Waals surface area contributed by atoms with Gasteiger partial charge in [0.2, 0.25) is 0 Å². The summed E-state index contributed by atoms with van der Waals surface area (Å²) < 4.78 is 0. The molecule has 2 atom stereocenters. The molecule has 3 nitrogen and oxygen atoms in total. The van der Waals surface area contributed by atoms with E-state index in [1.807, 2.05) is 18.3 Å². The van der Waals surface area contributed by atoms with E-state index >= 15 is 0 Å². The van der Waals surface area contributed by atoms with Gasteiger partial charge in [-0.05, 0) is 39.5 Å². The molecule has 0 saturated carbocycles.